The second-order valence-electron chi connectivity index (χ2n) is 6.37. The fourth-order valence-electron chi connectivity index (χ4n) is 2.73. The van der Waals surface area contributed by atoms with Crippen molar-refractivity contribution in [2.45, 2.75) is 31.7 Å². The highest BCUT2D eigenvalue weighted by Gasteiger charge is 2.17. The molecule has 0 saturated heterocycles. The first kappa shape index (κ1) is 20.5. The molecule has 8 nitrogen and oxygen atoms in total. The topological polar surface area (TPSA) is 100 Å². The second kappa shape index (κ2) is 9.33. The number of ether oxygens (including phenoxy) is 1. The predicted octanol–water partition coefficient (Wildman–Crippen LogP) is 3.94. The lowest BCUT2D eigenvalue weighted by atomic mass is 10.1. The van der Waals surface area contributed by atoms with Crippen LogP contribution >= 0.6 is 11.8 Å². The summed E-state index contributed by atoms with van der Waals surface area (Å²) in [5.74, 6) is 0.391. The number of aryl methyl sites for hydroxylation is 1. The van der Waals surface area contributed by atoms with Gasteiger partial charge in [0.25, 0.3) is 5.69 Å². The molecule has 0 unspecified atom stereocenters. The average Bonchev–Trinajstić information content (AvgIpc) is 3.06. The van der Waals surface area contributed by atoms with Crippen LogP contribution in [0, 0.1) is 17.0 Å². The number of thioether (sulfide) groups is 1. The third-order valence-electron chi connectivity index (χ3n) is 4.26. The van der Waals surface area contributed by atoms with Gasteiger partial charge in [-0.3, -0.25) is 14.9 Å². The van der Waals surface area contributed by atoms with Gasteiger partial charge in [-0.25, -0.2) is 0 Å². The zero-order valence-electron chi connectivity index (χ0n) is 16.0. The minimum atomic E-state index is -0.591. The van der Waals surface area contributed by atoms with Crippen molar-refractivity contribution in [3.05, 3.63) is 81.7 Å². The van der Waals surface area contributed by atoms with Crippen LogP contribution in [0.5, 0.6) is 0 Å². The molecule has 29 heavy (non-hydrogen) atoms. The van der Waals surface area contributed by atoms with Gasteiger partial charge in [-0.15, -0.1) is 10.2 Å². The zero-order chi connectivity index (χ0) is 20.8. The number of benzene rings is 2. The van der Waals surface area contributed by atoms with Gasteiger partial charge in [0.05, 0.1) is 17.2 Å². The predicted molar refractivity (Wildman–Crippen MR) is 109 cm³/mol. The number of nitro benzene ring substituents is 1. The van der Waals surface area contributed by atoms with Crippen molar-refractivity contribution in [1.29, 1.82) is 0 Å². The Morgan fingerprint density at radius 2 is 1.97 bits per heavy atom. The largest absolute Gasteiger partial charge is 0.457 e. The van der Waals surface area contributed by atoms with Crippen LogP contribution in [0.1, 0.15) is 30.0 Å². The van der Waals surface area contributed by atoms with Crippen LogP contribution in [0.2, 0.25) is 0 Å². The van der Waals surface area contributed by atoms with E-state index < -0.39 is 17.0 Å². The van der Waals surface area contributed by atoms with Crippen LogP contribution in [0.3, 0.4) is 0 Å². The van der Waals surface area contributed by atoms with Crippen molar-refractivity contribution in [2.24, 2.45) is 0 Å². The lowest BCUT2D eigenvalue weighted by Gasteiger charge is -2.13. The highest BCUT2D eigenvalue weighted by atomic mass is 32.2. The van der Waals surface area contributed by atoms with Crippen molar-refractivity contribution < 1.29 is 14.5 Å². The average molecular weight is 412 g/mol. The first-order chi connectivity index (χ1) is 13.9. The molecule has 9 heteroatoms. The Kier molecular flexibility index (Phi) is 6.61. The van der Waals surface area contributed by atoms with Crippen molar-refractivity contribution in [2.75, 3.05) is 5.75 Å². The minimum Gasteiger partial charge on any atom is -0.457 e. The van der Waals surface area contributed by atoms with Crippen molar-refractivity contribution in [3.63, 3.8) is 0 Å². The molecular weight excluding hydrogens is 392 g/mol. The van der Waals surface area contributed by atoms with Crippen LogP contribution < -0.4 is 0 Å². The number of esters is 1. The molecule has 0 aliphatic carbocycles. The normalized spacial score (nSPS) is 11.8. The standard InChI is InChI=1S/C20H20N4O4S/c1-14(17-9-6-10-18(11-17)24(26)27)28-19(25)13-29-20-22-21-15(2)23(20)12-16-7-4-3-5-8-16/h3-11,14H,12-13H2,1-2H3/t14-/m0/s1. The first-order valence-corrected chi connectivity index (χ1v) is 9.93. The maximum absolute atomic E-state index is 12.3. The van der Waals surface area contributed by atoms with Gasteiger partial charge in [0.15, 0.2) is 5.16 Å². The Labute approximate surface area is 172 Å². The van der Waals surface area contributed by atoms with Gasteiger partial charge < -0.3 is 9.30 Å². The molecule has 0 saturated carbocycles. The monoisotopic (exact) mass is 412 g/mol. The fourth-order valence-corrected chi connectivity index (χ4v) is 3.50. The molecule has 2 aromatic carbocycles. The number of hydrogen-bond donors (Lipinski definition) is 0. The van der Waals surface area contributed by atoms with Crippen LogP contribution in [0.15, 0.2) is 59.8 Å². The molecule has 0 amide bonds. The maximum atomic E-state index is 12.3. The van der Waals surface area contributed by atoms with E-state index in [9.17, 15) is 14.9 Å². The Hall–Kier alpha value is -3.20. The summed E-state index contributed by atoms with van der Waals surface area (Å²) in [5, 5.41) is 19.8. The number of hydrogen-bond acceptors (Lipinski definition) is 7. The summed E-state index contributed by atoms with van der Waals surface area (Å²) < 4.78 is 7.36. The van der Waals surface area contributed by atoms with Gasteiger partial charge in [-0.1, -0.05) is 54.2 Å². The van der Waals surface area contributed by atoms with E-state index in [-0.39, 0.29) is 11.4 Å². The summed E-state index contributed by atoms with van der Waals surface area (Å²) in [4.78, 5) is 22.7. The number of carbonyl (C=O) groups excluding carboxylic acids is 1. The number of non-ortho nitro benzene ring substituents is 1. The maximum Gasteiger partial charge on any atom is 0.316 e. The summed E-state index contributed by atoms with van der Waals surface area (Å²) in [5.41, 5.74) is 1.64. The molecule has 0 aliphatic rings. The second-order valence-corrected chi connectivity index (χ2v) is 7.32. The number of aromatic nitrogens is 3. The van der Waals surface area contributed by atoms with Crippen LogP contribution in [-0.4, -0.2) is 31.4 Å². The fraction of sp³-hybridized carbons (Fsp3) is 0.250. The van der Waals surface area contributed by atoms with Gasteiger partial charge >= 0.3 is 5.97 Å². The summed E-state index contributed by atoms with van der Waals surface area (Å²) in [6, 6.07) is 16.0. The molecule has 0 fully saturated rings. The highest BCUT2D eigenvalue weighted by Crippen LogP contribution is 2.24. The molecule has 0 bridgehead atoms. The van der Waals surface area contributed by atoms with Crippen molar-refractivity contribution in [1.82, 2.24) is 14.8 Å². The number of carbonyl (C=O) groups is 1. The van der Waals surface area contributed by atoms with Crippen molar-refractivity contribution in [3.8, 4) is 0 Å². The minimum absolute atomic E-state index is 0.0377. The molecule has 0 spiro atoms. The van der Waals surface area contributed by atoms with E-state index in [1.54, 1.807) is 19.1 Å². The molecule has 0 radical (unpaired) electrons. The molecule has 1 aromatic heterocycles. The first-order valence-electron chi connectivity index (χ1n) is 8.94. The number of nitro groups is 1. The quantitative estimate of drug-likeness (QED) is 0.239. The Bertz CT molecular complexity index is 1010. The summed E-state index contributed by atoms with van der Waals surface area (Å²) >= 11 is 1.25. The lowest BCUT2D eigenvalue weighted by molar-refractivity contribution is -0.385. The van der Waals surface area contributed by atoms with Gasteiger partial charge in [0.2, 0.25) is 0 Å². The SMILES string of the molecule is Cc1nnc(SCC(=O)O[C@@H](C)c2cccc([N+](=O)[O-])c2)n1Cc1ccccc1. The molecule has 0 N–H and O–H groups in total. The van der Waals surface area contributed by atoms with E-state index in [1.807, 2.05) is 41.8 Å². The van der Waals surface area contributed by atoms with Crippen LogP contribution in [0.25, 0.3) is 0 Å². The van der Waals surface area contributed by atoms with Crippen LogP contribution in [-0.2, 0) is 16.1 Å². The third kappa shape index (κ3) is 5.41. The Morgan fingerprint density at radius 3 is 2.69 bits per heavy atom. The molecule has 150 valence electrons. The number of rotatable bonds is 8. The van der Waals surface area contributed by atoms with Gasteiger partial charge in [-0.2, -0.15) is 0 Å². The molecule has 0 aliphatic heterocycles. The van der Waals surface area contributed by atoms with E-state index >= 15 is 0 Å². The van der Waals surface area contributed by atoms with E-state index in [0.29, 0.717) is 17.3 Å². The summed E-state index contributed by atoms with van der Waals surface area (Å²) in [7, 11) is 0. The van der Waals surface area contributed by atoms with E-state index in [4.69, 9.17) is 4.74 Å². The Morgan fingerprint density at radius 1 is 1.21 bits per heavy atom. The molecule has 3 aromatic rings. The number of nitrogens with zero attached hydrogens (tertiary/aromatic N) is 4. The Balaban J connectivity index is 1.60. The molecule has 1 heterocycles. The third-order valence-corrected chi connectivity index (χ3v) is 5.20. The molecule has 1 atom stereocenters. The lowest BCUT2D eigenvalue weighted by Crippen LogP contribution is -2.12. The van der Waals surface area contributed by atoms with E-state index in [2.05, 4.69) is 10.2 Å². The smallest absolute Gasteiger partial charge is 0.316 e. The zero-order valence-corrected chi connectivity index (χ0v) is 16.8. The van der Waals surface area contributed by atoms with Crippen LogP contribution in [0.4, 0.5) is 5.69 Å². The summed E-state index contributed by atoms with van der Waals surface area (Å²) in [6.07, 6.45) is -0.591. The summed E-state index contributed by atoms with van der Waals surface area (Å²) in [6.45, 7) is 4.16. The highest BCUT2D eigenvalue weighted by molar-refractivity contribution is 7.99. The molecular formula is C20H20N4O4S. The van der Waals surface area contributed by atoms with Gasteiger partial charge in [-0.05, 0) is 25.0 Å². The van der Waals surface area contributed by atoms with E-state index in [0.717, 1.165) is 11.4 Å². The molecule has 3 rings (SSSR count). The van der Waals surface area contributed by atoms with Gasteiger partial charge in [0.1, 0.15) is 11.9 Å². The van der Waals surface area contributed by atoms with E-state index in [1.165, 1.54) is 23.9 Å². The van der Waals surface area contributed by atoms with Crippen molar-refractivity contribution >= 4 is 23.4 Å². The van der Waals surface area contributed by atoms with Gasteiger partial charge in [0, 0.05) is 12.1 Å².